The van der Waals surface area contributed by atoms with Gasteiger partial charge in [-0.25, -0.2) is 0 Å². The number of carbonyl (C=O) groups excluding carboxylic acids is 1. The van der Waals surface area contributed by atoms with Gasteiger partial charge in [0.25, 0.3) is 0 Å². The lowest BCUT2D eigenvalue weighted by atomic mass is 10.00. The van der Waals surface area contributed by atoms with Crippen molar-refractivity contribution in [1.29, 1.82) is 0 Å². The normalized spacial score (nSPS) is 25.8. The minimum atomic E-state index is 0.0762. The lowest BCUT2D eigenvalue weighted by molar-refractivity contribution is 0.0783. The van der Waals surface area contributed by atoms with Crippen LogP contribution >= 0.6 is 0 Å². The maximum absolute atomic E-state index is 12.6. The third-order valence-corrected chi connectivity index (χ3v) is 4.36. The van der Waals surface area contributed by atoms with Crippen molar-refractivity contribution in [3.8, 4) is 0 Å². The maximum atomic E-state index is 12.6. The Morgan fingerprint density at radius 3 is 2.84 bits per heavy atom. The molecule has 2 aliphatic heterocycles. The number of rotatable bonds is 3. The van der Waals surface area contributed by atoms with Crippen LogP contribution in [0.2, 0.25) is 0 Å². The number of aryl methyl sites for hydroxylation is 1. The van der Waals surface area contributed by atoms with Crippen LogP contribution in [0.25, 0.3) is 0 Å². The van der Waals surface area contributed by atoms with Gasteiger partial charge in [-0.1, -0.05) is 0 Å². The van der Waals surface area contributed by atoms with E-state index in [1.54, 1.807) is 10.9 Å². The molecule has 0 saturated carbocycles. The second-order valence-corrected chi connectivity index (χ2v) is 5.64. The van der Waals surface area contributed by atoms with Crippen molar-refractivity contribution in [3.63, 3.8) is 0 Å². The zero-order valence-corrected chi connectivity index (χ0v) is 11.5. The molecule has 0 radical (unpaired) electrons. The van der Waals surface area contributed by atoms with Crippen molar-refractivity contribution < 1.29 is 4.79 Å². The molecule has 3 rings (SSSR count). The molecule has 1 aromatic rings. The highest BCUT2D eigenvalue weighted by Gasteiger charge is 2.36. The first kappa shape index (κ1) is 12.8. The minimum Gasteiger partial charge on any atom is -0.317 e. The Labute approximate surface area is 114 Å². The number of carbonyl (C=O) groups is 1. The van der Waals surface area contributed by atoms with Gasteiger partial charge in [-0.15, -0.1) is 0 Å². The number of ketones is 1. The smallest absolute Gasteiger partial charge is 0.183 e. The SMILES string of the molecule is Cn1cc(C(=O)C2CCCN2C2CCNCC2)cn1. The van der Waals surface area contributed by atoms with Crippen LogP contribution in [-0.4, -0.2) is 52.2 Å². The third-order valence-electron chi connectivity index (χ3n) is 4.36. The molecule has 5 nitrogen and oxygen atoms in total. The van der Waals surface area contributed by atoms with Crippen LogP contribution < -0.4 is 5.32 Å². The van der Waals surface area contributed by atoms with Gasteiger partial charge in [0.15, 0.2) is 5.78 Å². The summed E-state index contributed by atoms with van der Waals surface area (Å²) in [5, 5.41) is 7.51. The third kappa shape index (κ3) is 2.58. The topological polar surface area (TPSA) is 50.2 Å². The maximum Gasteiger partial charge on any atom is 0.183 e. The lowest BCUT2D eigenvalue weighted by Crippen LogP contribution is -2.47. The number of aromatic nitrogens is 2. The Bertz CT molecular complexity index is 450. The van der Waals surface area contributed by atoms with E-state index in [0.29, 0.717) is 6.04 Å². The first-order chi connectivity index (χ1) is 9.25. The van der Waals surface area contributed by atoms with E-state index in [9.17, 15) is 4.79 Å². The van der Waals surface area contributed by atoms with E-state index in [4.69, 9.17) is 0 Å². The van der Waals surface area contributed by atoms with Gasteiger partial charge in [0.1, 0.15) is 0 Å². The number of hydrogen-bond donors (Lipinski definition) is 1. The molecule has 104 valence electrons. The van der Waals surface area contributed by atoms with Gasteiger partial charge < -0.3 is 5.32 Å². The Hall–Kier alpha value is -1.20. The van der Waals surface area contributed by atoms with Gasteiger partial charge in [-0.05, 0) is 45.3 Å². The summed E-state index contributed by atoms with van der Waals surface area (Å²) in [6.07, 6.45) is 7.99. The Morgan fingerprint density at radius 1 is 1.37 bits per heavy atom. The van der Waals surface area contributed by atoms with E-state index in [1.165, 1.54) is 0 Å². The average Bonchev–Trinajstić information content (AvgIpc) is 3.07. The monoisotopic (exact) mass is 262 g/mol. The highest BCUT2D eigenvalue weighted by atomic mass is 16.1. The van der Waals surface area contributed by atoms with Crippen LogP contribution in [0.15, 0.2) is 12.4 Å². The Balaban J connectivity index is 1.73. The van der Waals surface area contributed by atoms with Crippen LogP contribution in [0.1, 0.15) is 36.0 Å². The van der Waals surface area contributed by atoms with Crippen molar-refractivity contribution in [3.05, 3.63) is 18.0 Å². The first-order valence-corrected chi connectivity index (χ1v) is 7.25. The zero-order chi connectivity index (χ0) is 13.2. The highest BCUT2D eigenvalue weighted by Crippen LogP contribution is 2.26. The molecule has 0 aromatic carbocycles. The van der Waals surface area contributed by atoms with Gasteiger partial charge >= 0.3 is 0 Å². The molecule has 1 atom stereocenters. The van der Waals surface area contributed by atoms with Gasteiger partial charge in [0, 0.05) is 19.3 Å². The minimum absolute atomic E-state index is 0.0762. The van der Waals surface area contributed by atoms with Crippen molar-refractivity contribution in [1.82, 2.24) is 20.0 Å². The number of piperidine rings is 1. The molecule has 0 amide bonds. The summed E-state index contributed by atoms with van der Waals surface area (Å²) >= 11 is 0. The van der Waals surface area contributed by atoms with Gasteiger partial charge in [0.2, 0.25) is 0 Å². The Morgan fingerprint density at radius 2 is 2.16 bits per heavy atom. The van der Waals surface area contributed by atoms with E-state index in [-0.39, 0.29) is 11.8 Å². The fraction of sp³-hybridized carbons (Fsp3) is 0.714. The molecule has 0 aliphatic carbocycles. The second kappa shape index (κ2) is 5.43. The molecule has 5 heteroatoms. The van der Waals surface area contributed by atoms with E-state index >= 15 is 0 Å². The van der Waals surface area contributed by atoms with Crippen molar-refractivity contribution in [2.45, 2.75) is 37.8 Å². The molecule has 1 unspecified atom stereocenters. The molecule has 1 N–H and O–H groups in total. The fourth-order valence-corrected chi connectivity index (χ4v) is 3.39. The van der Waals surface area contributed by atoms with Crippen molar-refractivity contribution in [2.24, 2.45) is 7.05 Å². The molecular weight excluding hydrogens is 240 g/mol. The molecule has 19 heavy (non-hydrogen) atoms. The van der Waals surface area contributed by atoms with Crippen molar-refractivity contribution >= 4 is 5.78 Å². The number of nitrogens with zero attached hydrogens (tertiary/aromatic N) is 3. The summed E-state index contributed by atoms with van der Waals surface area (Å²) < 4.78 is 1.71. The highest BCUT2D eigenvalue weighted by molar-refractivity contribution is 5.99. The molecule has 0 bridgehead atoms. The van der Waals surface area contributed by atoms with Gasteiger partial charge in [0.05, 0.1) is 17.8 Å². The predicted molar refractivity (Wildman–Crippen MR) is 73.2 cm³/mol. The molecular formula is C14H22N4O. The van der Waals surface area contributed by atoms with Crippen LogP contribution in [-0.2, 0) is 7.05 Å². The zero-order valence-electron chi connectivity index (χ0n) is 11.5. The molecule has 1 aromatic heterocycles. The first-order valence-electron chi connectivity index (χ1n) is 7.25. The fourth-order valence-electron chi connectivity index (χ4n) is 3.39. The lowest BCUT2D eigenvalue weighted by Gasteiger charge is -2.35. The van der Waals surface area contributed by atoms with Gasteiger partial charge in [-0.3, -0.25) is 14.4 Å². The van der Waals surface area contributed by atoms with E-state index in [1.807, 2.05) is 13.2 Å². The van der Waals surface area contributed by atoms with E-state index in [2.05, 4.69) is 15.3 Å². The summed E-state index contributed by atoms with van der Waals surface area (Å²) in [6, 6.07) is 0.654. The summed E-state index contributed by atoms with van der Waals surface area (Å²) in [5.41, 5.74) is 0.758. The van der Waals surface area contributed by atoms with Crippen LogP contribution in [0.4, 0.5) is 0 Å². The molecule has 3 heterocycles. The Kier molecular flexibility index (Phi) is 3.66. The van der Waals surface area contributed by atoms with Gasteiger partial charge in [-0.2, -0.15) is 5.10 Å². The quantitative estimate of drug-likeness (QED) is 0.819. The number of likely N-dealkylation sites (tertiary alicyclic amines) is 1. The van der Waals surface area contributed by atoms with Crippen molar-refractivity contribution in [2.75, 3.05) is 19.6 Å². The molecule has 0 spiro atoms. The van der Waals surface area contributed by atoms with E-state index in [0.717, 1.165) is 50.9 Å². The van der Waals surface area contributed by atoms with Crippen LogP contribution in [0.3, 0.4) is 0 Å². The van der Waals surface area contributed by atoms with E-state index < -0.39 is 0 Å². The number of nitrogens with one attached hydrogen (secondary N) is 1. The van der Waals surface area contributed by atoms with Crippen LogP contribution in [0.5, 0.6) is 0 Å². The average molecular weight is 262 g/mol. The predicted octanol–water partition coefficient (Wildman–Crippen LogP) is 0.819. The standard InChI is InChI=1S/C14H22N4O/c1-17-10-11(9-16-17)14(19)13-3-2-8-18(13)12-4-6-15-7-5-12/h9-10,12-13,15H,2-8H2,1H3. The summed E-state index contributed by atoms with van der Waals surface area (Å²) in [5.74, 6) is 0.254. The van der Waals surface area contributed by atoms with Crippen LogP contribution in [0, 0.1) is 0 Å². The number of Topliss-reactive ketones (excluding diaryl/α,β-unsaturated/α-hetero) is 1. The number of hydrogen-bond acceptors (Lipinski definition) is 4. The summed E-state index contributed by atoms with van der Waals surface area (Å²) in [7, 11) is 1.86. The second-order valence-electron chi connectivity index (χ2n) is 5.64. The summed E-state index contributed by atoms with van der Waals surface area (Å²) in [6.45, 7) is 3.23. The molecule has 2 saturated heterocycles. The molecule has 2 aliphatic rings. The summed E-state index contributed by atoms with van der Waals surface area (Å²) in [4.78, 5) is 15.0. The largest absolute Gasteiger partial charge is 0.317 e. The molecule has 2 fully saturated rings.